The Labute approximate surface area is 112 Å². The van der Waals surface area contributed by atoms with E-state index in [0.29, 0.717) is 4.90 Å². The third-order valence-corrected chi connectivity index (χ3v) is 3.34. The lowest BCUT2D eigenvalue weighted by molar-refractivity contribution is -0.384. The fourth-order valence-corrected chi connectivity index (χ4v) is 2.26. The van der Waals surface area contributed by atoms with E-state index >= 15 is 0 Å². The quantitative estimate of drug-likeness (QED) is 0.395. The Balaban J connectivity index is 1.99. The first-order chi connectivity index (χ1) is 9.06. The lowest BCUT2D eigenvalue weighted by atomic mass is 10.3. The number of ketones is 1. The maximum Gasteiger partial charge on any atom is 0.287 e. The second-order valence-corrected chi connectivity index (χ2v) is 4.75. The van der Waals surface area contributed by atoms with Gasteiger partial charge in [0.05, 0.1) is 22.6 Å². The number of benzene rings is 1. The van der Waals surface area contributed by atoms with Crippen LogP contribution in [0.1, 0.15) is 10.5 Å². The molecule has 0 spiro atoms. The van der Waals surface area contributed by atoms with Crippen LogP contribution in [0.15, 0.2) is 41.4 Å². The number of aromatic nitrogens is 1. The van der Waals surface area contributed by atoms with Gasteiger partial charge >= 0.3 is 0 Å². The summed E-state index contributed by atoms with van der Waals surface area (Å²) in [5.74, 6) is -0.559. The maximum atomic E-state index is 12.9. The molecule has 0 saturated heterocycles. The van der Waals surface area contributed by atoms with E-state index in [4.69, 9.17) is 0 Å². The number of nitrogens with one attached hydrogen (secondary N) is 1. The number of carbonyl (C=O) groups excluding carboxylic acids is 1. The van der Waals surface area contributed by atoms with Gasteiger partial charge in [0.1, 0.15) is 5.82 Å². The number of nitrogens with zero attached hydrogens (tertiary/aromatic N) is 1. The van der Waals surface area contributed by atoms with Gasteiger partial charge in [-0.2, -0.15) is 0 Å². The van der Waals surface area contributed by atoms with Crippen LogP contribution in [0.2, 0.25) is 0 Å². The molecular formula is C12H9FN2O3S. The SMILES string of the molecule is O=C(CSc1cccc(F)c1)c1cc([N+](=O)[O-])c[nH]1. The monoisotopic (exact) mass is 280 g/mol. The molecule has 5 nitrogen and oxygen atoms in total. The topological polar surface area (TPSA) is 76.0 Å². The van der Waals surface area contributed by atoms with Crippen molar-refractivity contribution in [3.63, 3.8) is 0 Å². The molecule has 0 bridgehead atoms. The molecule has 0 saturated carbocycles. The summed E-state index contributed by atoms with van der Waals surface area (Å²) in [6.07, 6.45) is 1.17. The molecule has 0 unspecified atom stereocenters. The summed E-state index contributed by atoms with van der Waals surface area (Å²) in [6, 6.07) is 7.09. The van der Waals surface area contributed by atoms with Crippen LogP contribution in [0.25, 0.3) is 0 Å². The van der Waals surface area contributed by atoms with E-state index in [1.54, 1.807) is 12.1 Å². The molecule has 7 heteroatoms. The Morgan fingerprint density at radius 1 is 1.42 bits per heavy atom. The first-order valence-corrected chi connectivity index (χ1v) is 6.29. The molecule has 1 aromatic carbocycles. The minimum atomic E-state index is -0.576. The third-order valence-electron chi connectivity index (χ3n) is 2.35. The van der Waals surface area contributed by atoms with Gasteiger partial charge in [-0.05, 0) is 18.2 Å². The van der Waals surface area contributed by atoms with Crippen LogP contribution >= 0.6 is 11.8 Å². The van der Waals surface area contributed by atoms with Crippen LogP contribution in [-0.4, -0.2) is 21.4 Å². The van der Waals surface area contributed by atoms with Crippen LogP contribution in [-0.2, 0) is 0 Å². The molecule has 1 heterocycles. The molecule has 2 aromatic rings. The van der Waals surface area contributed by atoms with Crippen molar-refractivity contribution in [3.8, 4) is 0 Å². The Morgan fingerprint density at radius 3 is 2.84 bits per heavy atom. The van der Waals surface area contributed by atoms with Crippen molar-refractivity contribution >= 4 is 23.2 Å². The minimum absolute atomic E-state index is 0.0844. The van der Waals surface area contributed by atoms with E-state index in [2.05, 4.69) is 4.98 Å². The van der Waals surface area contributed by atoms with Gasteiger partial charge in [-0.25, -0.2) is 4.39 Å². The summed E-state index contributed by atoms with van der Waals surface area (Å²) in [6.45, 7) is 0. The van der Waals surface area contributed by atoms with Crippen molar-refractivity contribution in [2.75, 3.05) is 5.75 Å². The molecule has 0 amide bonds. The van der Waals surface area contributed by atoms with Gasteiger partial charge in [0.25, 0.3) is 5.69 Å². The number of thioether (sulfide) groups is 1. The number of hydrogen-bond acceptors (Lipinski definition) is 4. The second-order valence-electron chi connectivity index (χ2n) is 3.70. The second kappa shape index (κ2) is 5.66. The van der Waals surface area contributed by atoms with Crippen LogP contribution < -0.4 is 0 Å². The van der Waals surface area contributed by atoms with Crippen molar-refractivity contribution in [1.29, 1.82) is 0 Å². The highest BCUT2D eigenvalue weighted by Crippen LogP contribution is 2.21. The molecular weight excluding hydrogens is 271 g/mol. The standard InChI is InChI=1S/C12H9FN2O3S/c13-8-2-1-3-10(4-8)19-7-12(16)11-5-9(6-14-11)15(17)18/h1-6,14H,7H2. The average molecular weight is 280 g/mol. The molecule has 0 aliphatic rings. The molecule has 0 atom stereocenters. The van der Waals surface area contributed by atoms with E-state index in [-0.39, 0.29) is 28.7 Å². The normalized spacial score (nSPS) is 10.4. The Bertz CT molecular complexity index is 627. The third kappa shape index (κ3) is 3.41. The summed E-state index contributed by atoms with van der Waals surface area (Å²) < 4.78 is 12.9. The number of rotatable bonds is 5. The van der Waals surface area contributed by atoms with Crippen molar-refractivity contribution in [2.45, 2.75) is 4.90 Å². The van der Waals surface area contributed by atoms with Gasteiger partial charge in [0, 0.05) is 11.0 Å². The van der Waals surface area contributed by atoms with Crippen LogP contribution in [0.4, 0.5) is 10.1 Å². The molecule has 0 fully saturated rings. The highest BCUT2D eigenvalue weighted by atomic mass is 32.2. The van der Waals surface area contributed by atoms with E-state index in [1.807, 2.05) is 0 Å². The number of hydrogen-bond donors (Lipinski definition) is 1. The largest absolute Gasteiger partial charge is 0.353 e. The highest BCUT2D eigenvalue weighted by Gasteiger charge is 2.14. The van der Waals surface area contributed by atoms with E-state index in [1.165, 1.54) is 36.2 Å². The zero-order chi connectivity index (χ0) is 13.8. The number of Topliss-reactive ketones (excluding diaryl/α,β-unsaturated/α-hetero) is 1. The predicted octanol–water partition coefficient (Wildman–Crippen LogP) is 3.04. The van der Waals surface area contributed by atoms with Gasteiger partial charge < -0.3 is 4.98 Å². The molecule has 98 valence electrons. The molecule has 19 heavy (non-hydrogen) atoms. The summed E-state index contributed by atoms with van der Waals surface area (Å²) in [7, 11) is 0. The average Bonchev–Trinajstić information content (AvgIpc) is 2.86. The van der Waals surface area contributed by atoms with Gasteiger partial charge in [0.15, 0.2) is 5.78 Å². The van der Waals surface area contributed by atoms with E-state index < -0.39 is 4.92 Å². The van der Waals surface area contributed by atoms with Gasteiger partial charge in [0.2, 0.25) is 0 Å². The minimum Gasteiger partial charge on any atom is -0.353 e. The van der Waals surface area contributed by atoms with Crippen LogP contribution in [0, 0.1) is 15.9 Å². The van der Waals surface area contributed by atoms with Crippen molar-refractivity contribution in [2.24, 2.45) is 0 Å². The van der Waals surface area contributed by atoms with Crippen molar-refractivity contribution in [1.82, 2.24) is 4.98 Å². The van der Waals surface area contributed by atoms with Crippen LogP contribution in [0.3, 0.4) is 0 Å². The molecule has 0 aliphatic heterocycles. The maximum absolute atomic E-state index is 12.9. The fourth-order valence-electron chi connectivity index (χ4n) is 1.43. The Hall–Kier alpha value is -2.15. The first-order valence-electron chi connectivity index (χ1n) is 5.30. The summed E-state index contributed by atoms with van der Waals surface area (Å²) in [5, 5.41) is 10.5. The van der Waals surface area contributed by atoms with Gasteiger partial charge in [-0.1, -0.05) is 6.07 Å². The van der Waals surface area contributed by atoms with E-state index in [9.17, 15) is 19.3 Å². The number of halogens is 1. The number of H-pyrrole nitrogens is 1. The zero-order valence-electron chi connectivity index (χ0n) is 9.63. The molecule has 2 rings (SSSR count). The Kier molecular flexibility index (Phi) is 3.96. The van der Waals surface area contributed by atoms with Crippen molar-refractivity contribution in [3.05, 3.63) is 58.2 Å². The molecule has 0 radical (unpaired) electrons. The predicted molar refractivity (Wildman–Crippen MR) is 68.9 cm³/mol. The Morgan fingerprint density at radius 2 is 2.21 bits per heavy atom. The lowest BCUT2D eigenvalue weighted by Gasteiger charge is -1.99. The first kappa shape index (κ1) is 13.3. The number of carbonyl (C=O) groups is 1. The smallest absolute Gasteiger partial charge is 0.287 e. The molecule has 1 N–H and O–H groups in total. The highest BCUT2D eigenvalue weighted by molar-refractivity contribution is 8.00. The summed E-state index contributed by atoms with van der Waals surface area (Å²) in [5.41, 5.74) is 0.0229. The van der Waals surface area contributed by atoms with E-state index in [0.717, 1.165) is 0 Å². The molecule has 0 aliphatic carbocycles. The van der Waals surface area contributed by atoms with Crippen LogP contribution in [0.5, 0.6) is 0 Å². The fraction of sp³-hybridized carbons (Fsp3) is 0.0833. The molecule has 1 aromatic heterocycles. The lowest BCUT2D eigenvalue weighted by Crippen LogP contribution is -2.02. The van der Waals surface area contributed by atoms with Crippen molar-refractivity contribution < 1.29 is 14.1 Å². The van der Waals surface area contributed by atoms with Gasteiger partial charge in [-0.15, -0.1) is 11.8 Å². The zero-order valence-corrected chi connectivity index (χ0v) is 10.4. The van der Waals surface area contributed by atoms with Gasteiger partial charge in [-0.3, -0.25) is 14.9 Å². The number of aromatic amines is 1. The summed E-state index contributed by atoms with van der Waals surface area (Å²) >= 11 is 1.18. The number of nitro groups is 1. The summed E-state index contributed by atoms with van der Waals surface area (Å²) in [4.78, 5) is 24.9.